The first-order valence-corrected chi connectivity index (χ1v) is 1.45. The Bertz CT molecular complexity index is 69.8. The van der Waals surface area contributed by atoms with Gasteiger partial charge < -0.3 is 0 Å². The molecule has 0 amide bonds. The second kappa shape index (κ2) is 3.30. The normalized spacial score (nSPS) is 4.20. The van der Waals surface area contributed by atoms with Crippen molar-refractivity contribution in [3.05, 3.63) is 12.7 Å². The maximum Gasteiger partial charge on any atom is -0.00235 e. The smallest absolute Gasteiger partial charge is 0.00235 e. The van der Waals surface area contributed by atoms with Crippen molar-refractivity contribution in [2.45, 2.75) is 6.92 Å². The second-order valence-corrected chi connectivity index (χ2v) is 0.598. The molecule has 0 heterocycles. The molecule has 0 bridgehead atoms. The summed E-state index contributed by atoms with van der Waals surface area (Å²) in [6, 6.07) is 0. The summed E-state index contributed by atoms with van der Waals surface area (Å²) < 4.78 is 0. The maximum absolute atomic E-state index is 3.38. The van der Waals surface area contributed by atoms with E-state index in [0.717, 1.165) is 0 Å². The summed E-state index contributed by atoms with van der Waals surface area (Å²) in [5.41, 5.74) is 0. The van der Waals surface area contributed by atoms with Crippen molar-refractivity contribution in [1.82, 2.24) is 0 Å². The van der Waals surface area contributed by atoms with E-state index in [9.17, 15) is 0 Å². The fraction of sp³-hybridized carbons (Fsp3) is 0.200. The topological polar surface area (TPSA) is 0 Å². The monoisotopic (exact) mass is 66.0 g/mol. The van der Waals surface area contributed by atoms with Gasteiger partial charge in [-0.15, -0.1) is 5.92 Å². The number of allylic oxidation sites excluding steroid dienone is 1. The minimum absolute atomic E-state index is 1.57. The predicted molar refractivity (Wildman–Crippen MR) is 23.6 cm³/mol. The van der Waals surface area contributed by atoms with Crippen molar-refractivity contribution in [1.29, 1.82) is 0 Å². The van der Waals surface area contributed by atoms with E-state index in [0.29, 0.717) is 0 Å². The molecule has 0 spiro atoms. The van der Waals surface area contributed by atoms with Crippen LogP contribution in [0, 0.1) is 11.8 Å². The van der Waals surface area contributed by atoms with Crippen molar-refractivity contribution in [2.75, 3.05) is 0 Å². The molecule has 0 aromatic heterocycles. The van der Waals surface area contributed by atoms with Crippen LogP contribution < -0.4 is 0 Å². The first-order chi connectivity index (χ1) is 2.41. The molecule has 0 fully saturated rings. The van der Waals surface area contributed by atoms with Crippen molar-refractivity contribution >= 4 is 0 Å². The van der Waals surface area contributed by atoms with E-state index in [1.54, 1.807) is 13.0 Å². The van der Waals surface area contributed by atoms with Gasteiger partial charge in [-0.1, -0.05) is 12.5 Å². The molecule has 0 saturated heterocycles. The van der Waals surface area contributed by atoms with E-state index < -0.39 is 0 Å². The predicted octanol–water partition coefficient (Wildman–Crippen LogP) is 1.20. The Hall–Kier alpha value is -0.700. The van der Waals surface area contributed by atoms with Gasteiger partial charge in [0, 0.05) is 0 Å². The van der Waals surface area contributed by atoms with Gasteiger partial charge in [0.25, 0.3) is 0 Å². The van der Waals surface area contributed by atoms with Crippen LogP contribution in [-0.4, -0.2) is 0 Å². The van der Waals surface area contributed by atoms with Crippen LogP contribution in [-0.2, 0) is 0 Å². The maximum atomic E-state index is 3.38. The van der Waals surface area contributed by atoms with Crippen molar-refractivity contribution in [2.24, 2.45) is 0 Å². The molecule has 0 radical (unpaired) electrons. The highest BCUT2D eigenvalue weighted by atomic mass is 13.4. The van der Waals surface area contributed by atoms with Crippen LogP contribution in [0.1, 0.15) is 6.92 Å². The van der Waals surface area contributed by atoms with Crippen LogP contribution in [0.15, 0.2) is 12.7 Å². The Morgan fingerprint density at radius 3 is 2.40 bits per heavy atom. The molecule has 0 aromatic carbocycles. The molecule has 0 saturated carbocycles. The Morgan fingerprint density at radius 2 is 2.40 bits per heavy atom. The minimum Gasteiger partial charge on any atom is -0.102 e. The Balaban J connectivity index is 3.16. The summed E-state index contributed by atoms with van der Waals surface area (Å²) >= 11 is 0. The summed E-state index contributed by atoms with van der Waals surface area (Å²) in [4.78, 5) is 0. The molecule has 5 heavy (non-hydrogen) atoms. The molecule has 26 valence electrons. The zero-order valence-electron chi connectivity index (χ0n) is 3.28. The molecule has 0 atom stereocenters. The third-order valence-corrected chi connectivity index (χ3v) is 0.246. The van der Waals surface area contributed by atoms with Crippen molar-refractivity contribution in [3.8, 4) is 11.8 Å². The third kappa shape index (κ3) is 3.30. The molecule has 0 nitrogen and oxygen atoms in total. The molecule has 0 aliphatic rings. The van der Waals surface area contributed by atoms with Crippen LogP contribution in [0.5, 0.6) is 0 Å². The lowest BCUT2D eigenvalue weighted by atomic mass is 10.6. The van der Waals surface area contributed by atoms with Gasteiger partial charge in [-0.05, 0) is 13.0 Å². The fourth-order valence-electron chi connectivity index (χ4n) is 0.102. The van der Waals surface area contributed by atoms with Gasteiger partial charge in [0.1, 0.15) is 0 Å². The largest absolute Gasteiger partial charge is 0.102 e. The molecular formula is C5H6. The van der Waals surface area contributed by atoms with Crippen LogP contribution in [0.3, 0.4) is 0 Å². The molecule has 0 heteroatoms. The summed E-state index contributed by atoms with van der Waals surface area (Å²) in [5.74, 6) is 5.27. The lowest BCUT2D eigenvalue weighted by Gasteiger charge is -1.47. The van der Waals surface area contributed by atoms with Crippen LogP contribution in [0.25, 0.3) is 0 Å². The zero-order valence-corrected chi connectivity index (χ0v) is 3.28. The SMILES string of the molecule is C=CC#CC. The average Bonchev–Trinajstić information content (AvgIpc) is 1.41. The van der Waals surface area contributed by atoms with Crippen LogP contribution in [0.4, 0.5) is 0 Å². The van der Waals surface area contributed by atoms with Crippen molar-refractivity contribution < 1.29 is 0 Å². The molecule has 0 aliphatic carbocycles. The van der Waals surface area contributed by atoms with Gasteiger partial charge in [-0.2, -0.15) is 0 Å². The standard InChI is InChI=1S/C5H6/c1-3-5-4-2/h3H,1H2,2H3. The molecular weight excluding hydrogens is 60.1 g/mol. The summed E-state index contributed by atoms with van der Waals surface area (Å²) in [6.07, 6.45) is 1.57. The van der Waals surface area contributed by atoms with E-state index in [1.165, 1.54) is 0 Å². The van der Waals surface area contributed by atoms with Gasteiger partial charge in [-0.25, -0.2) is 0 Å². The zero-order chi connectivity index (χ0) is 4.12. The van der Waals surface area contributed by atoms with E-state index >= 15 is 0 Å². The molecule has 0 N–H and O–H groups in total. The minimum atomic E-state index is 1.57. The van der Waals surface area contributed by atoms with Crippen LogP contribution in [0.2, 0.25) is 0 Å². The highest BCUT2D eigenvalue weighted by Crippen LogP contribution is 1.49. The van der Waals surface area contributed by atoms with E-state index in [-0.39, 0.29) is 0 Å². The third-order valence-electron chi connectivity index (χ3n) is 0.246. The summed E-state index contributed by atoms with van der Waals surface area (Å²) in [7, 11) is 0. The quantitative estimate of drug-likeness (QED) is 0.373. The second-order valence-electron chi connectivity index (χ2n) is 0.598. The summed E-state index contributed by atoms with van der Waals surface area (Å²) in [6.45, 7) is 5.16. The van der Waals surface area contributed by atoms with E-state index in [4.69, 9.17) is 0 Å². The highest BCUT2D eigenvalue weighted by molar-refractivity contribution is 5.09. The van der Waals surface area contributed by atoms with Crippen molar-refractivity contribution in [3.63, 3.8) is 0 Å². The van der Waals surface area contributed by atoms with Gasteiger partial charge in [0.05, 0.1) is 0 Å². The lowest BCUT2D eigenvalue weighted by molar-refractivity contribution is 1.91. The highest BCUT2D eigenvalue weighted by Gasteiger charge is 1.36. The molecule has 0 unspecified atom stereocenters. The van der Waals surface area contributed by atoms with Gasteiger partial charge in [-0.3, -0.25) is 0 Å². The molecule has 0 aromatic rings. The van der Waals surface area contributed by atoms with Gasteiger partial charge in [0.2, 0.25) is 0 Å². The van der Waals surface area contributed by atoms with Gasteiger partial charge in [0.15, 0.2) is 0 Å². The number of rotatable bonds is 0. The van der Waals surface area contributed by atoms with Gasteiger partial charge >= 0.3 is 0 Å². The van der Waals surface area contributed by atoms with Crippen LogP contribution >= 0.6 is 0 Å². The Labute approximate surface area is 32.5 Å². The Kier molecular flexibility index (Phi) is 2.84. The number of hydrogen-bond acceptors (Lipinski definition) is 0. The van der Waals surface area contributed by atoms with E-state index in [2.05, 4.69) is 18.4 Å². The fourth-order valence-corrected chi connectivity index (χ4v) is 0.102. The molecule has 0 aliphatic heterocycles. The average molecular weight is 66.1 g/mol. The lowest BCUT2D eigenvalue weighted by Crippen LogP contribution is -1.35. The first-order valence-electron chi connectivity index (χ1n) is 1.45. The molecule has 0 rings (SSSR count). The first kappa shape index (κ1) is 4.30. The summed E-state index contributed by atoms with van der Waals surface area (Å²) in [5, 5.41) is 0. The Morgan fingerprint density at radius 1 is 1.80 bits per heavy atom. The number of hydrogen-bond donors (Lipinski definition) is 0. The van der Waals surface area contributed by atoms with E-state index in [1.807, 2.05) is 0 Å².